The van der Waals surface area contributed by atoms with Crippen LogP contribution >= 0.6 is 22.7 Å². The van der Waals surface area contributed by atoms with Crippen molar-refractivity contribution >= 4 is 38.6 Å². The van der Waals surface area contributed by atoms with Crippen molar-refractivity contribution in [2.24, 2.45) is 0 Å². The molecule has 0 aromatic carbocycles. The van der Waals surface area contributed by atoms with Gasteiger partial charge >= 0.3 is 0 Å². The molecule has 2 aliphatic rings. The summed E-state index contributed by atoms with van der Waals surface area (Å²) in [6, 6.07) is 1.66. The van der Waals surface area contributed by atoms with E-state index in [0.29, 0.717) is 22.1 Å². The molecule has 0 unspecified atom stereocenters. The number of carbonyl (C=O) groups is 1. The predicted molar refractivity (Wildman–Crippen MR) is 122 cm³/mol. The van der Waals surface area contributed by atoms with E-state index in [4.69, 9.17) is 0 Å². The molecular formula is C21H27N3O3S3. The monoisotopic (exact) mass is 465 g/mol. The normalized spacial score (nSPS) is 17.4. The molecule has 1 amide bonds. The Morgan fingerprint density at radius 2 is 2.03 bits per heavy atom. The Bertz CT molecular complexity index is 1050. The largest absolute Gasteiger partial charge is 0.338 e. The maximum absolute atomic E-state index is 12.7. The van der Waals surface area contributed by atoms with E-state index in [-0.39, 0.29) is 10.1 Å². The van der Waals surface area contributed by atoms with Gasteiger partial charge in [-0.3, -0.25) is 4.79 Å². The number of carbonyl (C=O) groups excluding carboxylic acids is 1. The van der Waals surface area contributed by atoms with Crippen molar-refractivity contribution in [1.82, 2.24) is 14.6 Å². The smallest absolute Gasteiger partial charge is 0.265 e. The third kappa shape index (κ3) is 4.85. The van der Waals surface area contributed by atoms with Crippen molar-refractivity contribution in [1.29, 1.82) is 0 Å². The number of likely N-dealkylation sites (tertiary alicyclic amines) is 1. The summed E-state index contributed by atoms with van der Waals surface area (Å²) < 4.78 is 28.4. The van der Waals surface area contributed by atoms with Crippen molar-refractivity contribution in [2.45, 2.75) is 56.1 Å². The van der Waals surface area contributed by atoms with E-state index in [1.165, 1.54) is 41.1 Å². The minimum absolute atomic E-state index is 0.0375. The molecule has 1 aliphatic carbocycles. The van der Waals surface area contributed by atoms with Crippen LogP contribution in [0.5, 0.6) is 0 Å². The third-order valence-electron chi connectivity index (χ3n) is 5.59. The van der Waals surface area contributed by atoms with Gasteiger partial charge in [0.15, 0.2) is 0 Å². The summed E-state index contributed by atoms with van der Waals surface area (Å²) in [5.41, 5.74) is 2.81. The van der Waals surface area contributed by atoms with Gasteiger partial charge in [0.2, 0.25) is 10.0 Å². The van der Waals surface area contributed by atoms with E-state index in [2.05, 4.69) is 15.8 Å². The fourth-order valence-corrected chi connectivity index (χ4v) is 7.24. The Balaban J connectivity index is 1.43. The van der Waals surface area contributed by atoms with Crippen molar-refractivity contribution in [2.75, 3.05) is 19.6 Å². The molecule has 3 heterocycles. The topological polar surface area (TPSA) is 79.4 Å². The summed E-state index contributed by atoms with van der Waals surface area (Å²) in [5.74, 6) is 0.0375. The third-order valence-corrected chi connectivity index (χ3v) is 9.69. The van der Waals surface area contributed by atoms with Crippen molar-refractivity contribution in [3.05, 3.63) is 33.7 Å². The second-order valence-corrected chi connectivity index (χ2v) is 11.7. The number of allylic oxidation sites excluding steroid dienone is 1. The van der Waals surface area contributed by atoms with Crippen LogP contribution in [-0.2, 0) is 10.0 Å². The molecule has 2 aromatic heterocycles. The predicted octanol–water partition coefficient (Wildman–Crippen LogP) is 4.58. The molecule has 1 N–H and O–H groups in total. The number of rotatable bonds is 7. The number of amides is 1. The van der Waals surface area contributed by atoms with Gasteiger partial charge in [-0.2, -0.15) is 0 Å². The zero-order valence-electron chi connectivity index (χ0n) is 17.1. The molecule has 2 aromatic rings. The molecule has 30 heavy (non-hydrogen) atoms. The lowest BCUT2D eigenvalue weighted by Gasteiger charge is -2.13. The van der Waals surface area contributed by atoms with Gasteiger partial charge in [-0.1, -0.05) is 11.6 Å². The lowest BCUT2D eigenvalue weighted by Crippen LogP contribution is -2.27. The Morgan fingerprint density at radius 3 is 2.77 bits per heavy atom. The molecule has 0 saturated carbocycles. The van der Waals surface area contributed by atoms with E-state index in [9.17, 15) is 13.2 Å². The molecule has 1 saturated heterocycles. The highest BCUT2D eigenvalue weighted by molar-refractivity contribution is 7.91. The molecule has 6 nitrogen and oxygen atoms in total. The molecule has 0 atom stereocenters. The fraction of sp³-hybridized carbons (Fsp3) is 0.524. The van der Waals surface area contributed by atoms with Crippen LogP contribution in [-0.4, -0.2) is 43.8 Å². The van der Waals surface area contributed by atoms with Crippen LogP contribution in [0.25, 0.3) is 10.6 Å². The highest BCUT2D eigenvalue weighted by Gasteiger charge is 2.25. The molecule has 0 radical (unpaired) electrons. The second kappa shape index (κ2) is 9.30. The van der Waals surface area contributed by atoms with Crippen LogP contribution in [0.3, 0.4) is 0 Å². The van der Waals surface area contributed by atoms with Crippen LogP contribution in [0.1, 0.15) is 60.3 Å². The number of thiazole rings is 1. The Morgan fingerprint density at radius 1 is 1.23 bits per heavy atom. The summed E-state index contributed by atoms with van der Waals surface area (Å²) in [6.45, 7) is 3.87. The van der Waals surface area contributed by atoms with E-state index in [1.807, 2.05) is 11.8 Å². The first-order chi connectivity index (χ1) is 14.4. The Hall–Kier alpha value is -1.55. The van der Waals surface area contributed by atoms with Crippen LogP contribution in [0.15, 0.2) is 27.3 Å². The number of nitrogens with zero attached hydrogens (tertiary/aromatic N) is 2. The lowest BCUT2D eigenvalue weighted by atomic mass is 9.97. The molecule has 1 aliphatic heterocycles. The van der Waals surface area contributed by atoms with E-state index in [1.54, 1.807) is 11.4 Å². The van der Waals surface area contributed by atoms with E-state index in [0.717, 1.165) is 50.8 Å². The molecule has 0 spiro atoms. The number of nitrogens with one attached hydrogen (secondary N) is 1. The van der Waals surface area contributed by atoms with E-state index >= 15 is 0 Å². The zero-order chi connectivity index (χ0) is 21.1. The van der Waals surface area contributed by atoms with Gasteiger partial charge in [0.05, 0.1) is 5.69 Å². The maximum Gasteiger partial charge on any atom is 0.265 e. The Kier molecular flexibility index (Phi) is 6.72. The highest BCUT2D eigenvalue weighted by Crippen LogP contribution is 2.34. The average Bonchev–Trinajstić information content (AvgIpc) is 3.49. The number of thiophene rings is 1. The molecule has 0 bridgehead atoms. The van der Waals surface area contributed by atoms with Crippen LogP contribution in [0, 0.1) is 6.92 Å². The number of aryl methyl sites for hydroxylation is 1. The number of sulfonamides is 1. The first-order valence-corrected chi connectivity index (χ1v) is 13.6. The summed E-state index contributed by atoms with van der Waals surface area (Å²) in [4.78, 5) is 19.8. The number of aromatic nitrogens is 1. The van der Waals surface area contributed by atoms with Gasteiger partial charge in [-0.15, -0.1) is 22.7 Å². The van der Waals surface area contributed by atoms with Crippen LogP contribution in [0.4, 0.5) is 0 Å². The minimum atomic E-state index is -3.54. The lowest BCUT2D eigenvalue weighted by molar-refractivity contribution is 0.0796. The van der Waals surface area contributed by atoms with Crippen molar-refractivity contribution < 1.29 is 13.2 Å². The molecule has 9 heteroatoms. The van der Waals surface area contributed by atoms with Crippen LogP contribution in [0.2, 0.25) is 0 Å². The Labute approximate surface area is 186 Å². The van der Waals surface area contributed by atoms with Gasteiger partial charge in [0.25, 0.3) is 5.91 Å². The van der Waals surface area contributed by atoms with Gasteiger partial charge in [0.1, 0.15) is 14.1 Å². The van der Waals surface area contributed by atoms with Crippen molar-refractivity contribution in [3.8, 4) is 10.6 Å². The quantitative estimate of drug-likeness (QED) is 0.607. The maximum atomic E-state index is 12.7. The minimum Gasteiger partial charge on any atom is -0.338 e. The summed E-state index contributed by atoms with van der Waals surface area (Å²) in [5, 5.41) is 2.50. The highest BCUT2D eigenvalue weighted by atomic mass is 32.2. The molecule has 1 fully saturated rings. The van der Waals surface area contributed by atoms with Gasteiger partial charge in [-0.25, -0.2) is 18.1 Å². The summed E-state index contributed by atoms with van der Waals surface area (Å²) >= 11 is 2.54. The first kappa shape index (κ1) is 21.7. The van der Waals surface area contributed by atoms with Crippen LogP contribution < -0.4 is 4.72 Å². The fourth-order valence-electron chi connectivity index (χ4n) is 3.90. The van der Waals surface area contributed by atoms with Gasteiger partial charge in [-0.05, 0) is 57.9 Å². The number of hydrogen-bond donors (Lipinski definition) is 1. The zero-order valence-corrected chi connectivity index (χ0v) is 19.6. The molecule has 4 rings (SSSR count). The molecule has 162 valence electrons. The van der Waals surface area contributed by atoms with Crippen molar-refractivity contribution in [3.63, 3.8) is 0 Å². The first-order valence-electron chi connectivity index (χ1n) is 10.5. The standard InChI is InChI=1S/C21H27N3O3S3/c1-15-19(21(25)24-11-5-6-12-24)29-20(23-15)17-13-18(28-14-17)30(26,27)22-10-9-16-7-3-2-4-8-16/h7,13-14,22H,2-6,8-12H2,1H3. The van der Waals surface area contributed by atoms with Gasteiger partial charge in [0, 0.05) is 30.6 Å². The number of hydrogen-bond acceptors (Lipinski definition) is 6. The van der Waals surface area contributed by atoms with E-state index < -0.39 is 10.0 Å². The SMILES string of the molecule is Cc1nc(-c2csc(S(=O)(=O)NCCC3=CCCCC3)c2)sc1C(=O)N1CCCC1. The average molecular weight is 466 g/mol. The van der Waals surface area contributed by atoms with Gasteiger partial charge < -0.3 is 4.90 Å². The summed E-state index contributed by atoms with van der Waals surface area (Å²) in [6.07, 6.45) is 9.71. The molecular weight excluding hydrogens is 438 g/mol. The second-order valence-electron chi connectivity index (χ2n) is 7.84. The summed E-state index contributed by atoms with van der Waals surface area (Å²) in [7, 11) is -3.54.